The van der Waals surface area contributed by atoms with Crippen molar-refractivity contribution in [2.24, 2.45) is 5.92 Å². The molecule has 0 radical (unpaired) electrons. The Hall–Kier alpha value is -2.49. The van der Waals surface area contributed by atoms with Crippen LogP contribution in [-0.2, 0) is 19.6 Å². The topological polar surface area (TPSA) is 102 Å². The number of carbonyl (C=O) groups is 1. The lowest BCUT2D eigenvalue weighted by Crippen LogP contribution is -2.46. The van der Waals surface area contributed by atoms with Gasteiger partial charge in [-0.1, -0.05) is 28.9 Å². The maximum absolute atomic E-state index is 13.7. The number of carbonyl (C=O) groups excluding carboxylic acids is 1. The highest BCUT2D eigenvalue weighted by Crippen LogP contribution is 2.30. The van der Waals surface area contributed by atoms with Gasteiger partial charge in [-0.05, 0) is 76.1 Å². The Morgan fingerprint density at radius 1 is 1.14 bits per heavy atom. The molecule has 2 saturated heterocycles. The number of nitrogens with zero attached hydrogens (tertiary/aromatic N) is 2. The normalized spacial score (nSPS) is 21.6. The molecule has 8 nitrogen and oxygen atoms in total. The van der Waals surface area contributed by atoms with Crippen LogP contribution in [0.1, 0.15) is 59.4 Å². The molecule has 3 heterocycles. The predicted molar refractivity (Wildman–Crippen MR) is 134 cm³/mol. The van der Waals surface area contributed by atoms with E-state index in [9.17, 15) is 13.2 Å². The molecule has 1 N–H and O–H groups in total. The number of ether oxygens (including phenoxy) is 1. The number of rotatable bonds is 7. The molecular weight excluding hydrogens is 466 g/mol. The second-order valence-corrected chi connectivity index (χ2v) is 11.6. The van der Waals surface area contributed by atoms with Crippen LogP contribution in [0.2, 0.25) is 0 Å². The van der Waals surface area contributed by atoms with E-state index in [2.05, 4.69) is 22.6 Å². The van der Waals surface area contributed by atoms with Gasteiger partial charge in [0.1, 0.15) is 5.69 Å². The van der Waals surface area contributed by atoms with Gasteiger partial charge < -0.3 is 14.6 Å². The molecule has 2 aliphatic heterocycles. The Bertz CT molecular complexity index is 1190. The van der Waals surface area contributed by atoms with Crippen molar-refractivity contribution in [2.45, 2.75) is 64.4 Å². The van der Waals surface area contributed by atoms with Gasteiger partial charge in [-0.15, -0.1) is 0 Å². The van der Waals surface area contributed by atoms with Crippen molar-refractivity contribution in [3.05, 3.63) is 45.8 Å². The number of nitrogens with one attached hydrogen (secondary N) is 1. The van der Waals surface area contributed by atoms with E-state index in [-0.39, 0.29) is 29.2 Å². The number of benzene rings is 1. The van der Waals surface area contributed by atoms with E-state index in [1.54, 1.807) is 13.0 Å². The van der Waals surface area contributed by atoms with Gasteiger partial charge in [-0.2, -0.15) is 4.31 Å². The van der Waals surface area contributed by atoms with Crippen molar-refractivity contribution in [1.82, 2.24) is 14.8 Å². The Balaban J connectivity index is 1.51. The lowest BCUT2D eigenvalue weighted by Gasteiger charge is -2.31. The Labute approximate surface area is 207 Å². The molecule has 0 spiro atoms. The highest BCUT2D eigenvalue weighted by atomic mass is 32.2. The van der Waals surface area contributed by atoms with Crippen LogP contribution in [0.25, 0.3) is 12.2 Å². The van der Waals surface area contributed by atoms with Crippen molar-refractivity contribution in [3.63, 3.8) is 0 Å². The van der Waals surface area contributed by atoms with Gasteiger partial charge in [-0.25, -0.2) is 8.42 Å². The number of hydrogen-bond acceptors (Lipinski definition) is 6. The molecule has 4 rings (SSSR count). The lowest BCUT2D eigenvalue weighted by molar-refractivity contribution is -0.126. The summed E-state index contributed by atoms with van der Waals surface area (Å²) in [6, 6.07) is 4.18. The van der Waals surface area contributed by atoms with Crippen LogP contribution < -0.4 is 5.32 Å². The third-order valence-corrected chi connectivity index (χ3v) is 8.88. The molecule has 0 aliphatic carbocycles. The summed E-state index contributed by atoms with van der Waals surface area (Å²) in [7, 11) is -3.89. The van der Waals surface area contributed by atoms with Crippen LogP contribution in [0.5, 0.6) is 0 Å². The predicted octanol–water partition coefficient (Wildman–Crippen LogP) is 3.77. The summed E-state index contributed by atoms with van der Waals surface area (Å²) in [5, 5.41) is 6.90. The molecule has 1 aromatic heterocycles. The fraction of sp³-hybridized carbons (Fsp3) is 0.538. The molecule has 0 bridgehead atoms. The summed E-state index contributed by atoms with van der Waals surface area (Å²) in [6.45, 7) is 9.44. The van der Waals surface area contributed by atoms with E-state index in [0.29, 0.717) is 31.6 Å². The van der Waals surface area contributed by atoms with Gasteiger partial charge in [0, 0.05) is 26.2 Å². The highest BCUT2D eigenvalue weighted by molar-refractivity contribution is 7.89. The summed E-state index contributed by atoms with van der Waals surface area (Å²) >= 11 is 0. The standard InChI is InChI=1S/C26H35N3O5S/c1-17-13-18(2)23(19(3)14-17)9-10-24-25(20(4)28-34-24)35(31,32)29-11-5-7-21(16-29)26(30)27-15-22-8-6-12-33-22/h9-10,13-14,21-22H,5-8,11-12,15-16H2,1-4H3,(H,27,30)/b10-9+/t21-,22-/m0/s1. The van der Waals surface area contributed by atoms with Gasteiger partial charge in [0.05, 0.1) is 12.0 Å². The minimum absolute atomic E-state index is 0.0529. The van der Waals surface area contributed by atoms with Crippen molar-refractivity contribution >= 4 is 28.1 Å². The molecule has 0 saturated carbocycles. The number of hydrogen-bond donors (Lipinski definition) is 1. The zero-order valence-corrected chi connectivity index (χ0v) is 21.8. The number of aromatic nitrogens is 1. The zero-order chi connectivity index (χ0) is 25.2. The van der Waals surface area contributed by atoms with Crippen molar-refractivity contribution < 1.29 is 22.5 Å². The van der Waals surface area contributed by atoms with Crippen LogP contribution in [0, 0.1) is 33.6 Å². The molecule has 1 amide bonds. The van der Waals surface area contributed by atoms with Crippen molar-refractivity contribution in [2.75, 3.05) is 26.2 Å². The summed E-state index contributed by atoms with van der Waals surface area (Å²) in [6.07, 6.45) is 6.83. The molecule has 35 heavy (non-hydrogen) atoms. The monoisotopic (exact) mass is 501 g/mol. The van der Waals surface area contributed by atoms with Crippen LogP contribution in [0.4, 0.5) is 0 Å². The Morgan fingerprint density at radius 3 is 2.57 bits per heavy atom. The first-order valence-electron chi connectivity index (χ1n) is 12.3. The van der Waals surface area contributed by atoms with Crippen LogP contribution >= 0.6 is 0 Å². The van der Waals surface area contributed by atoms with E-state index in [1.807, 2.05) is 26.8 Å². The summed E-state index contributed by atoms with van der Waals surface area (Å²) in [4.78, 5) is 12.8. The van der Waals surface area contributed by atoms with Gasteiger partial charge in [0.25, 0.3) is 0 Å². The molecular formula is C26H35N3O5S. The summed E-state index contributed by atoms with van der Waals surface area (Å²) in [5.41, 5.74) is 4.72. The van der Waals surface area contributed by atoms with E-state index in [1.165, 1.54) is 9.87 Å². The molecule has 9 heteroatoms. The lowest BCUT2D eigenvalue weighted by atomic mass is 9.99. The second-order valence-electron chi connectivity index (χ2n) is 9.69. The van der Waals surface area contributed by atoms with Crippen LogP contribution in [-0.4, -0.2) is 56.1 Å². The fourth-order valence-corrected chi connectivity index (χ4v) is 6.85. The van der Waals surface area contributed by atoms with Crippen LogP contribution in [0.3, 0.4) is 0 Å². The van der Waals surface area contributed by atoms with Crippen molar-refractivity contribution in [1.29, 1.82) is 0 Å². The first-order chi connectivity index (χ1) is 16.7. The minimum Gasteiger partial charge on any atom is -0.376 e. The van der Waals surface area contributed by atoms with Gasteiger partial charge in [-0.3, -0.25) is 4.79 Å². The number of aryl methyl sites for hydroxylation is 4. The average Bonchev–Trinajstić information content (AvgIpc) is 3.46. The third kappa shape index (κ3) is 5.68. The molecule has 2 aliphatic rings. The van der Waals surface area contributed by atoms with Crippen LogP contribution in [0.15, 0.2) is 21.6 Å². The minimum atomic E-state index is -3.89. The maximum atomic E-state index is 13.7. The maximum Gasteiger partial charge on any atom is 0.248 e. The third-order valence-electron chi connectivity index (χ3n) is 6.85. The summed E-state index contributed by atoms with van der Waals surface area (Å²) < 4.78 is 39.7. The molecule has 1 aromatic carbocycles. The zero-order valence-electron chi connectivity index (χ0n) is 21.0. The van der Waals surface area contributed by atoms with E-state index in [4.69, 9.17) is 9.26 Å². The number of sulfonamides is 1. The van der Waals surface area contributed by atoms with E-state index < -0.39 is 15.9 Å². The summed E-state index contributed by atoms with van der Waals surface area (Å²) in [5.74, 6) is -0.309. The molecule has 2 aromatic rings. The van der Waals surface area contributed by atoms with Crippen molar-refractivity contribution in [3.8, 4) is 0 Å². The SMILES string of the molecule is Cc1cc(C)c(/C=C/c2onc(C)c2S(=O)(=O)N2CCC[C@H](C(=O)NC[C@@H]3CCCO3)C2)c(C)c1. The van der Waals surface area contributed by atoms with E-state index in [0.717, 1.165) is 36.1 Å². The number of amides is 1. The average molecular weight is 502 g/mol. The van der Waals surface area contributed by atoms with Gasteiger partial charge >= 0.3 is 0 Å². The quantitative estimate of drug-likeness (QED) is 0.620. The number of piperidine rings is 1. The van der Waals surface area contributed by atoms with Gasteiger partial charge in [0.15, 0.2) is 10.7 Å². The second kappa shape index (κ2) is 10.6. The van der Waals surface area contributed by atoms with Gasteiger partial charge in [0.2, 0.25) is 15.9 Å². The highest BCUT2D eigenvalue weighted by Gasteiger charge is 2.37. The van der Waals surface area contributed by atoms with E-state index >= 15 is 0 Å². The molecule has 2 atom stereocenters. The Morgan fingerprint density at radius 2 is 1.89 bits per heavy atom. The largest absolute Gasteiger partial charge is 0.376 e. The fourth-order valence-electron chi connectivity index (χ4n) is 5.08. The molecule has 2 fully saturated rings. The Kier molecular flexibility index (Phi) is 7.78. The molecule has 0 unspecified atom stereocenters. The first kappa shape index (κ1) is 25.6. The first-order valence-corrected chi connectivity index (χ1v) is 13.7. The smallest absolute Gasteiger partial charge is 0.248 e. The molecule has 190 valence electrons.